The maximum atomic E-state index is 14.2. The van der Waals surface area contributed by atoms with Crippen molar-refractivity contribution in [2.45, 2.75) is 0 Å². The number of para-hydroxylation sites is 4. The largest absolute Gasteiger partial charge is 0.309 e. The van der Waals surface area contributed by atoms with E-state index in [4.69, 9.17) is 0 Å². The van der Waals surface area contributed by atoms with Gasteiger partial charge in [-0.05, 0) is 60.7 Å². The second-order valence-electron chi connectivity index (χ2n) is 10.5. The van der Waals surface area contributed by atoms with Crippen molar-refractivity contribution in [1.82, 2.24) is 9.13 Å². The van der Waals surface area contributed by atoms with E-state index < -0.39 is 0 Å². The van der Waals surface area contributed by atoms with Gasteiger partial charge in [-0.3, -0.25) is 4.79 Å². The van der Waals surface area contributed by atoms with Crippen LogP contribution in [0.1, 0.15) is 0 Å². The zero-order valence-corrected chi connectivity index (χ0v) is 22.7. The molecule has 0 aliphatic rings. The second-order valence-corrected chi connectivity index (χ2v) is 11.6. The molecule has 0 unspecified atom stereocenters. The highest BCUT2D eigenvalue weighted by Gasteiger charge is 2.16. The van der Waals surface area contributed by atoms with E-state index in [0.717, 1.165) is 53.6 Å². The van der Waals surface area contributed by atoms with E-state index >= 15 is 0 Å². The van der Waals surface area contributed by atoms with Crippen molar-refractivity contribution in [1.29, 1.82) is 0 Å². The summed E-state index contributed by atoms with van der Waals surface area (Å²) in [6.07, 6.45) is 0. The summed E-state index contributed by atoms with van der Waals surface area (Å²) < 4.78 is 6.54. The van der Waals surface area contributed by atoms with Gasteiger partial charge in [-0.1, -0.05) is 72.8 Å². The average Bonchev–Trinajstić information content (AvgIpc) is 3.54. The van der Waals surface area contributed by atoms with Crippen LogP contribution in [0.4, 0.5) is 0 Å². The van der Waals surface area contributed by atoms with Crippen molar-refractivity contribution in [2.75, 3.05) is 0 Å². The molecule has 6 aromatic carbocycles. The third-order valence-corrected chi connectivity index (χ3v) is 9.46. The van der Waals surface area contributed by atoms with E-state index in [1.807, 2.05) is 0 Å². The van der Waals surface area contributed by atoms with Crippen molar-refractivity contribution < 1.29 is 0 Å². The van der Waals surface area contributed by atoms with Crippen molar-refractivity contribution in [3.8, 4) is 11.4 Å². The maximum Gasteiger partial charge on any atom is 0.196 e. The first-order valence-corrected chi connectivity index (χ1v) is 14.6. The molecule has 4 heteroatoms. The molecule has 0 radical (unpaired) electrons. The van der Waals surface area contributed by atoms with Crippen LogP contribution in [0.3, 0.4) is 0 Å². The molecule has 0 fully saturated rings. The Labute approximate surface area is 238 Å². The molecule has 0 saturated carbocycles. The van der Waals surface area contributed by atoms with Crippen molar-refractivity contribution in [3.63, 3.8) is 0 Å². The van der Waals surface area contributed by atoms with Crippen LogP contribution < -0.4 is 5.43 Å². The summed E-state index contributed by atoms with van der Waals surface area (Å²) in [4.78, 5) is 14.2. The summed E-state index contributed by atoms with van der Waals surface area (Å²) in [6, 6.07) is 46.5. The van der Waals surface area contributed by atoms with E-state index in [0.29, 0.717) is 0 Å². The van der Waals surface area contributed by atoms with E-state index in [1.54, 1.807) is 11.3 Å². The highest BCUT2D eigenvalue weighted by atomic mass is 32.1. The SMILES string of the molecule is O=c1c2cc(-n3c4ccccc4c4ccccc43)ccc2sc2ccc(-n3c4ccccc4c4ccccc43)cc12. The van der Waals surface area contributed by atoms with E-state index in [9.17, 15) is 4.79 Å². The molecule has 0 bridgehead atoms. The van der Waals surface area contributed by atoms with Gasteiger partial charge in [0.25, 0.3) is 0 Å². The quantitative estimate of drug-likeness (QED) is 0.200. The molecule has 192 valence electrons. The fourth-order valence-corrected chi connectivity index (χ4v) is 7.54. The molecule has 3 heterocycles. The Hall–Kier alpha value is -5.19. The molecular weight excluding hydrogens is 520 g/mol. The molecule has 0 amide bonds. The number of hydrogen-bond donors (Lipinski definition) is 0. The average molecular weight is 543 g/mol. The van der Waals surface area contributed by atoms with Crippen LogP contribution >= 0.6 is 11.3 Å². The molecule has 0 spiro atoms. The molecule has 0 saturated heterocycles. The Balaban J connectivity index is 1.31. The van der Waals surface area contributed by atoms with Crippen molar-refractivity contribution in [3.05, 3.63) is 144 Å². The van der Waals surface area contributed by atoms with Crippen molar-refractivity contribution >= 4 is 75.1 Å². The summed E-state index contributed by atoms with van der Waals surface area (Å²) in [5.74, 6) is 0. The molecule has 0 aliphatic carbocycles. The lowest BCUT2D eigenvalue weighted by atomic mass is 10.1. The van der Waals surface area contributed by atoms with Gasteiger partial charge in [-0.25, -0.2) is 0 Å². The fraction of sp³-hybridized carbons (Fsp3) is 0. The summed E-state index contributed by atoms with van der Waals surface area (Å²) in [5.41, 5.74) is 6.61. The predicted molar refractivity (Wildman–Crippen MR) is 174 cm³/mol. The molecule has 41 heavy (non-hydrogen) atoms. The minimum atomic E-state index is 0.0685. The van der Waals surface area contributed by atoms with E-state index in [2.05, 4.69) is 143 Å². The highest BCUT2D eigenvalue weighted by molar-refractivity contribution is 7.24. The van der Waals surface area contributed by atoms with Crippen LogP contribution in [0.25, 0.3) is 75.2 Å². The molecule has 0 N–H and O–H groups in total. The van der Waals surface area contributed by atoms with Crippen LogP contribution in [0.15, 0.2) is 138 Å². The van der Waals surface area contributed by atoms with Crippen LogP contribution in [-0.4, -0.2) is 9.13 Å². The van der Waals surface area contributed by atoms with Crippen LogP contribution in [0.2, 0.25) is 0 Å². The Morgan fingerprint density at radius 3 is 1.10 bits per heavy atom. The first-order valence-electron chi connectivity index (χ1n) is 13.7. The van der Waals surface area contributed by atoms with Gasteiger partial charge in [0, 0.05) is 53.1 Å². The van der Waals surface area contributed by atoms with Crippen LogP contribution in [-0.2, 0) is 0 Å². The summed E-state index contributed by atoms with van der Waals surface area (Å²) in [6.45, 7) is 0. The third kappa shape index (κ3) is 3.17. The summed E-state index contributed by atoms with van der Waals surface area (Å²) in [7, 11) is 0. The first kappa shape index (κ1) is 22.6. The van der Waals surface area contributed by atoms with E-state index in [1.165, 1.54) is 21.5 Å². The van der Waals surface area contributed by atoms with Gasteiger partial charge in [0.05, 0.1) is 22.1 Å². The highest BCUT2D eigenvalue weighted by Crippen LogP contribution is 2.36. The minimum absolute atomic E-state index is 0.0685. The smallest absolute Gasteiger partial charge is 0.196 e. The third-order valence-electron chi connectivity index (χ3n) is 8.31. The molecule has 9 rings (SSSR count). The Bertz CT molecular complexity index is 2280. The Morgan fingerprint density at radius 2 is 0.732 bits per heavy atom. The van der Waals surface area contributed by atoms with Gasteiger partial charge in [-0.2, -0.15) is 0 Å². The number of benzene rings is 6. The zero-order valence-electron chi connectivity index (χ0n) is 21.9. The molecule has 0 atom stereocenters. The molecular formula is C37H22N2OS. The topological polar surface area (TPSA) is 26.9 Å². The number of fused-ring (bicyclic) bond motifs is 8. The number of nitrogens with zero attached hydrogens (tertiary/aromatic N) is 2. The Morgan fingerprint density at radius 1 is 0.390 bits per heavy atom. The standard InChI is InChI=1S/C37H22N2OS/c40-37-29-21-23(38-31-13-5-1-9-25(31)26-10-2-6-14-32(26)38)17-19-35(29)41-36-20-18-24(22-30(36)37)39-33-15-7-3-11-27(33)28-12-4-8-16-34(28)39/h1-22H. The Kier molecular flexibility index (Phi) is 4.63. The lowest BCUT2D eigenvalue weighted by Crippen LogP contribution is -2.04. The molecule has 9 aromatic rings. The van der Waals surface area contributed by atoms with Gasteiger partial charge < -0.3 is 9.13 Å². The van der Waals surface area contributed by atoms with Gasteiger partial charge in [-0.15, -0.1) is 11.3 Å². The molecule has 0 aliphatic heterocycles. The minimum Gasteiger partial charge on any atom is -0.309 e. The predicted octanol–water partition coefficient (Wildman–Crippen LogP) is 9.61. The molecule has 3 nitrogen and oxygen atoms in total. The van der Waals surface area contributed by atoms with Gasteiger partial charge in [0.1, 0.15) is 0 Å². The second kappa shape index (κ2) is 8.40. The zero-order chi connectivity index (χ0) is 27.1. The van der Waals surface area contributed by atoms with Gasteiger partial charge in [0.2, 0.25) is 0 Å². The monoisotopic (exact) mass is 542 g/mol. The lowest BCUT2D eigenvalue weighted by Gasteiger charge is -2.11. The lowest BCUT2D eigenvalue weighted by molar-refractivity contribution is 1.18. The summed E-state index contributed by atoms with van der Waals surface area (Å²) >= 11 is 1.67. The normalized spacial score (nSPS) is 12.0. The van der Waals surface area contributed by atoms with Gasteiger partial charge in [0.15, 0.2) is 5.43 Å². The number of rotatable bonds is 2. The first-order chi connectivity index (χ1) is 20.3. The fourth-order valence-electron chi connectivity index (χ4n) is 6.51. The number of hydrogen-bond acceptors (Lipinski definition) is 2. The number of aromatic nitrogens is 2. The van der Waals surface area contributed by atoms with Crippen LogP contribution in [0, 0.1) is 0 Å². The summed E-state index contributed by atoms with van der Waals surface area (Å²) in [5, 5.41) is 6.35. The molecule has 3 aromatic heterocycles. The van der Waals surface area contributed by atoms with Crippen LogP contribution in [0.5, 0.6) is 0 Å². The van der Waals surface area contributed by atoms with Crippen molar-refractivity contribution in [2.24, 2.45) is 0 Å². The van der Waals surface area contributed by atoms with E-state index in [-0.39, 0.29) is 5.43 Å². The maximum absolute atomic E-state index is 14.2. The van der Waals surface area contributed by atoms with Gasteiger partial charge >= 0.3 is 0 Å².